The van der Waals surface area contributed by atoms with E-state index >= 15 is 0 Å². The summed E-state index contributed by atoms with van der Waals surface area (Å²) in [5.74, 6) is 0. The molecule has 4 heteroatoms. The summed E-state index contributed by atoms with van der Waals surface area (Å²) < 4.78 is 4.88. The Labute approximate surface area is 339 Å². The van der Waals surface area contributed by atoms with Crippen LogP contribution in [-0.4, -0.2) is 19.1 Å². The lowest BCUT2D eigenvalue weighted by atomic mass is 9.84. The van der Waals surface area contributed by atoms with E-state index < -0.39 is 0 Å². The van der Waals surface area contributed by atoms with Gasteiger partial charge in [-0.25, -0.2) is 0 Å². The second kappa shape index (κ2) is 12.9. The number of fused-ring (bicyclic) bond motifs is 9. The third-order valence-electron chi connectivity index (χ3n) is 12.8. The summed E-state index contributed by atoms with van der Waals surface area (Å²) in [6.45, 7) is 13.2. The Bertz CT molecular complexity index is 3130. The van der Waals surface area contributed by atoms with Crippen LogP contribution in [0.2, 0.25) is 0 Å². The molecule has 0 saturated heterocycles. The van der Waals surface area contributed by atoms with Crippen LogP contribution in [-0.2, 0) is 12.8 Å². The van der Waals surface area contributed by atoms with E-state index in [1.165, 1.54) is 122 Å². The molecule has 1 aliphatic rings. The van der Waals surface area contributed by atoms with Gasteiger partial charge < -0.3 is 9.13 Å². The van der Waals surface area contributed by atoms with Crippen LogP contribution < -0.4 is 0 Å². The zero-order valence-electron chi connectivity index (χ0n) is 33.9. The summed E-state index contributed by atoms with van der Waals surface area (Å²) in [6.07, 6.45) is 9.81. The van der Waals surface area contributed by atoms with Crippen LogP contribution in [0.25, 0.3) is 88.4 Å². The minimum atomic E-state index is 0.993. The molecule has 0 bridgehead atoms. The van der Waals surface area contributed by atoms with Crippen molar-refractivity contribution in [2.45, 2.75) is 54.4 Å². The third-order valence-corrected chi connectivity index (χ3v) is 12.8. The molecule has 0 fully saturated rings. The maximum absolute atomic E-state index is 4.63. The Balaban J connectivity index is 1.19. The summed E-state index contributed by atoms with van der Waals surface area (Å²) >= 11 is 0. The van der Waals surface area contributed by atoms with Crippen molar-refractivity contribution in [2.24, 2.45) is 0 Å². The molecule has 0 radical (unpaired) electrons. The smallest absolute Gasteiger partial charge is 0.0674 e. The van der Waals surface area contributed by atoms with Gasteiger partial charge in [0.2, 0.25) is 0 Å². The number of aryl methyl sites for hydroxylation is 8. The molecule has 280 valence electrons. The molecule has 11 rings (SSSR count). The molecule has 0 saturated carbocycles. The Morgan fingerprint density at radius 2 is 0.810 bits per heavy atom. The zero-order chi connectivity index (χ0) is 39.4. The number of rotatable bonds is 4. The number of aromatic nitrogens is 4. The van der Waals surface area contributed by atoms with E-state index in [2.05, 4.69) is 170 Å². The summed E-state index contributed by atoms with van der Waals surface area (Å²) in [5.41, 5.74) is 25.1. The van der Waals surface area contributed by atoms with Gasteiger partial charge in [0.05, 0.1) is 45.8 Å². The molecule has 4 nitrogen and oxygen atoms in total. The van der Waals surface area contributed by atoms with Gasteiger partial charge in [-0.05, 0) is 182 Å². The average Bonchev–Trinajstić information content (AvgIpc) is 3.72. The fourth-order valence-electron chi connectivity index (χ4n) is 9.73. The van der Waals surface area contributed by atoms with Gasteiger partial charge in [-0.1, -0.05) is 59.7 Å². The van der Waals surface area contributed by atoms with E-state index in [4.69, 9.17) is 0 Å². The van der Waals surface area contributed by atoms with Gasteiger partial charge in [-0.2, -0.15) is 0 Å². The molecular weight excluding hydrogens is 705 g/mol. The summed E-state index contributed by atoms with van der Waals surface area (Å²) in [7, 11) is 0. The molecule has 0 N–H and O–H groups in total. The summed E-state index contributed by atoms with van der Waals surface area (Å²) in [4.78, 5) is 9.26. The van der Waals surface area contributed by atoms with E-state index in [0.717, 1.165) is 24.2 Å². The third kappa shape index (κ3) is 5.21. The molecule has 58 heavy (non-hydrogen) atoms. The van der Waals surface area contributed by atoms with Crippen LogP contribution in [0.4, 0.5) is 0 Å². The minimum Gasteiger partial charge on any atom is -0.307 e. The van der Waals surface area contributed by atoms with E-state index in [9.17, 15) is 0 Å². The molecular formula is C54H44N4. The Morgan fingerprint density at radius 1 is 0.379 bits per heavy atom. The van der Waals surface area contributed by atoms with Crippen molar-refractivity contribution in [3.05, 3.63) is 178 Å². The van der Waals surface area contributed by atoms with Gasteiger partial charge in [0.1, 0.15) is 0 Å². The maximum atomic E-state index is 4.63. The van der Waals surface area contributed by atoms with Crippen molar-refractivity contribution in [3.8, 4) is 44.8 Å². The predicted molar refractivity (Wildman–Crippen MR) is 243 cm³/mol. The van der Waals surface area contributed by atoms with Gasteiger partial charge in [-0.15, -0.1) is 0 Å². The average molecular weight is 749 g/mol. The van der Waals surface area contributed by atoms with Crippen LogP contribution in [0.15, 0.2) is 134 Å². The van der Waals surface area contributed by atoms with Crippen molar-refractivity contribution in [2.75, 3.05) is 0 Å². The normalized spacial score (nSPS) is 12.5. The number of benzene rings is 6. The fraction of sp³-hybridized carbons (Fsp3) is 0.148. The predicted octanol–water partition coefficient (Wildman–Crippen LogP) is 13.6. The van der Waals surface area contributed by atoms with Crippen LogP contribution in [0, 0.1) is 41.5 Å². The highest BCUT2D eigenvalue weighted by Gasteiger charge is 2.25. The Kier molecular flexibility index (Phi) is 7.65. The van der Waals surface area contributed by atoms with E-state index in [0.29, 0.717) is 0 Å². The molecule has 0 spiro atoms. The highest BCUT2D eigenvalue weighted by molar-refractivity contribution is 6.14. The molecule has 1 aliphatic carbocycles. The van der Waals surface area contributed by atoms with Crippen molar-refractivity contribution < 1.29 is 0 Å². The van der Waals surface area contributed by atoms with Crippen molar-refractivity contribution in [3.63, 3.8) is 0 Å². The summed E-state index contributed by atoms with van der Waals surface area (Å²) in [6, 6.07) is 41.7. The first-order valence-electron chi connectivity index (χ1n) is 20.4. The van der Waals surface area contributed by atoms with Crippen LogP contribution in [0.5, 0.6) is 0 Å². The number of pyridine rings is 2. The Morgan fingerprint density at radius 3 is 1.24 bits per heavy atom. The minimum absolute atomic E-state index is 0.993. The van der Waals surface area contributed by atoms with E-state index in [1.54, 1.807) is 0 Å². The number of nitrogens with zero attached hydrogens (tertiary/aromatic N) is 4. The molecule has 10 aromatic rings. The molecule has 0 aliphatic heterocycles. The lowest BCUT2D eigenvalue weighted by Gasteiger charge is -2.22. The fourth-order valence-corrected chi connectivity index (χ4v) is 9.73. The van der Waals surface area contributed by atoms with Gasteiger partial charge in [0, 0.05) is 33.9 Å². The number of hydrogen-bond acceptors (Lipinski definition) is 2. The SMILES string of the molecule is Cc1ccc(C)c(-c2ccc3c(c2)c2cc4c(cc2n3-c2cnccc2C)-c2cc3c(cc2CC4)c2cc(-c4cc(C)ccc4C)ccc2n3-c2cnccc2C)c1. The lowest BCUT2D eigenvalue weighted by Crippen LogP contribution is -2.05. The quantitative estimate of drug-likeness (QED) is 0.180. The van der Waals surface area contributed by atoms with Gasteiger partial charge in [-0.3, -0.25) is 9.97 Å². The Hall–Kier alpha value is -6.78. The standard InChI is InChI=1S/C54H44N4/c1-31-7-9-33(3)41(21-31)37-13-15-49-45(23-37)47-25-39-11-12-40-26-48-46-24-38(42-22-32(2)8-10-34(42)4)14-16-50(46)58(54-30-56-20-18-36(54)6)52(48)28-44(40)43(39)27-51(47)57(49)53-29-55-19-17-35(53)5/h7-10,13-30H,11-12H2,1-6H3. The number of hydrogen-bond donors (Lipinski definition) is 0. The molecule has 6 aromatic carbocycles. The molecule has 0 unspecified atom stereocenters. The first kappa shape index (κ1) is 34.5. The first-order valence-corrected chi connectivity index (χ1v) is 20.4. The molecule has 4 heterocycles. The van der Waals surface area contributed by atoms with Gasteiger partial charge in [0.25, 0.3) is 0 Å². The van der Waals surface area contributed by atoms with Crippen molar-refractivity contribution in [1.29, 1.82) is 0 Å². The molecule has 0 atom stereocenters. The van der Waals surface area contributed by atoms with Crippen molar-refractivity contribution >= 4 is 43.6 Å². The van der Waals surface area contributed by atoms with E-state index in [-0.39, 0.29) is 0 Å². The largest absolute Gasteiger partial charge is 0.307 e. The summed E-state index contributed by atoms with van der Waals surface area (Å²) in [5, 5.41) is 5.11. The van der Waals surface area contributed by atoms with Gasteiger partial charge in [0.15, 0.2) is 0 Å². The zero-order valence-corrected chi connectivity index (χ0v) is 33.9. The van der Waals surface area contributed by atoms with Crippen LogP contribution in [0.3, 0.4) is 0 Å². The second-order valence-corrected chi connectivity index (χ2v) is 16.6. The lowest BCUT2D eigenvalue weighted by molar-refractivity contribution is 0.945. The molecule has 0 amide bonds. The molecule has 4 aromatic heterocycles. The van der Waals surface area contributed by atoms with Crippen LogP contribution in [0.1, 0.15) is 44.5 Å². The highest BCUT2D eigenvalue weighted by Crippen LogP contribution is 2.45. The second-order valence-electron chi connectivity index (χ2n) is 16.6. The van der Waals surface area contributed by atoms with Gasteiger partial charge >= 0.3 is 0 Å². The van der Waals surface area contributed by atoms with Crippen molar-refractivity contribution in [1.82, 2.24) is 19.1 Å². The van der Waals surface area contributed by atoms with E-state index in [1.807, 2.05) is 24.8 Å². The highest BCUT2D eigenvalue weighted by atomic mass is 15.0. The van der Waals surface area contributed by atoms with Crippen LogP contribution >= 0.6 is 0 Å². The first-order chi connectivity index (χ1) is 28.2. The maximum Gasteiger partial charge on any atom is 0.0674 e. The monoisotopic (exact) mass is 748 g/mol. The topological polar surface area (TPSA) is 35.6 Å².